The maximum Gasteiger partial charge on any atom is 0.307 e. The minimum absolute atomic E-state index is 0.155. The standard InChI is InChI=1S/C14H17N3O2/c18-14(19)11-7-13(16-8-11)10-1-3-12(4-2-10)17-6-5-15-9-17/h1-4,9,11,13,16H,5-8H2,(H,18,19). The molecule has 1 aromatic rings. The van der Waals surface area contributed by atoms with Gasteiger partial charge in [0.25, 0.3) is 0 Å². The highest BCUT2D eigenvalue weighted by atomic mass is 16.4. The Morgan fingerprint density at radius 3 is 2.74 bits per heavy atom. The molecular formula is C14H17N3O2. The number of rotatable bonds is 3. The minimum Gasteiger partial charge on any atom is -0.481 e. The van der Waals surface area contributed by atoms with Crippen LogP contribution in [-0.4, -0.2) is 37.0 Å². The molecule has 1 aromatic carbocycles. The summed E-state index contributed by atoms with van der Waals surface area (Å²) in [6, 6.07) is 8.44. The molecule has 100 valence electrons. The van der Waals surface area contributed by atoms with Gasteiger partial charge in [-0.2, -0.15) is 0 Å². The van der Waals surface area contributed by atoms with Gasteiger partial charge in [-0.1, -0.05) is 12.1 Å². The normalized spacial score (nSPS) is 26.0. The Morgan fingerprint density at radius 1 is 1.37 bits per heavy atom. The van der Waals surface area contributed by atoms with Gasteiger partial charge in [-0.05, 0) is 24.1 Å². The van der Waals surface area contributed by atoms with Crippen LogP contribution < -0.4 is 10.2 Å². The maximum absolute atomic E-state index is 10.9. The van der Waals surface area contributed by atoms with Crippen LogP contribution in [0.2, 0.25) is 0 Å². The molecule has 0 spiro atoms. The third kappa shape index (κ3) is 2.46. The van der Waals surface area contributed by atoms with E-state index in [9.17, 15) is 4.79 Å². The molecule has 5 nitrogen and oxygen atoms in total. The molecule has 0 bridgehead atoms. The minimum atomic E-state index is -0.708. The van der Waals surface area contributed by atoms with Crippen LogP contribution in [0, 0.1) is 5.92 Å². The molecule has 0 aliphatic carbocycles. The molecule has 2 aliphatic rings. The largest absolute Gasteiger partial charge is 0.481 e. The van der Waals surface area contributed by atoms with Crippen LogP contribution in [0.25, 0.3) is 0 Å². The summed E-state index contributed by atoms with van der Waals surface area (Å²) in [5.41, 5.74) is 2.29. The number of anilines is 1. The molecule has 0 radical (unpaired) electrons. The number of carboxylic acids is 1. The van der Waals surface area contributed by atoms with E-state index in [0.717, 1.165) is 24.3 Å². The van der Waals surface area contributed by atoms with Gasteiger partial charge >= 0.3 is 5.97 Å². The van der Waals surface area contributed by atoms with Crippen molar-refractivity contribution < 1.29 is 9.90 Å². The van der Waals surface area contributed by atoms with Crippen molar-refractivity contribution in [2.24, 2.45) is 10.9 Å². The van der Waals surface area contributed by atoms with Crippen molar-refractivity contribution in [3.05, 3.63) is 29.8 Å². The van der Waals surface area contributed by atoms with Crippen LogP contribution in [0.5, 0.6) is 0 Å². The van der Waals surface area contributed by atoms with Gasteiger partial charge in [0.05, 0.1) is 18.8 Å². The summed E-state index contributed by atoms with van der Waals surface area (Å²) >= 11 is 0. The number of hydrogen-bond donors (Lipinski definition) is 2. The lowest BCUT2D eigenvalue weighted by atomic mass is 10.00. The van der Waals surface area contributed by atoms with Crippen molar-refractivity contribution in [2.75, 3.05) is 24.5 Å². The second kappa shape index (κ2) is 5.01. The Hall–Kier alpha value is -1.88. The molecule has 3 rings (SSSR count). The highest BCUT2D eigenvalue weighted by molar-refractivity contribution is 5.80. The molecular weight excluding hydrogens is 242 g/mol. The Labute approximate surface area is 112 Å². The fourth-order valence-electron chi connectivity index (χ4n) is 2.65. The fourth-order valence-corrected chi connectivity index (χ4v) is 2.65. The fraction of sp³-hybridized carbons (Fsp3) is 0.429. The number of nitrogens with zero attached hydrogens (tertiary/aromatic N) is 2. The van der Waals surface area contributed by atoms with Gasteiger partial charge in [0.2, 0.25) is 0 Å². The Morgan fingerprint density at radius 2 is 2.16 bits per heavy atom. The Bertz CT molecular complexity index is 498. The summed E-state index contributed by atoms with van der Waals surface area (Å²) in [4.78, 5) is 17.3. The van der Waals surface area contributed by atoms with E-state index >= 15 is 0 Å². The van der Waals surface area contributed by atoms with E-state index in [2.05, 4.69) is 39.5 Å². The zero-order valence-corrected chi connectivity index (χ0v) is 10.6. The summed E-state index contributed by atoms with van der Waals surface area (Å²) < 4.78 is 0. The number of aliphatic imine (C=N–C) groups is 1. The molecule has 2 unspecified atom stereocenters. The van der Waals surface area contributed by atoms with Crippen LogP contribution in [0.4, 0.5) is 5.69 Å². The number of carbonyl (C=O) groups is 1. The molecule has 2 N–H and O–H groups in total. The zero-order chi connectivity index (χ0) is 13.2. The smallest absolute Gasteiger partial charge is 0.307 e. The van der Waals surface area contributed by atoms with Crippen molar-refractivity contribution in [1.29, 1.82) is 0 Å². The van der Waals surface area contributed by atoms with E-state index < -0.39 is 5.97 Å². The van der Waals surface area contributed by atoms with E-state index in [0.29, 0.717) is 13.0 Å². The van der Waals surface area contributed by atoms with Gasteiger partial charge in [-0.25, -0.2) is 0 Å². The van der Waals surface area contributed by atoms with E-state index in [1.165, 1.54) is 0 Å². The van der Waals surface area contributed by atoms with Gasteiger partial charge in [0.15, 0.2) is 0 Å². The van der Waals surface area contributed by atoms with Crippen molar-refractivity contribution in [3.63, 3.8) is 0 Å². The number of hydrogen-bond acceptors (Lipinski definition) is 4. The van der Waals surface area contributed by atoms with Gasteiger partial charge in [0.1, 0.15) is 0 Å². The van der Waals surface area contributed by atoms with Gasteiger partial charge in [-0.3, -0.25) is 9.79 Å². The molecule has 1 fully saturated rings. The first kappa shape index (κ1) is 12.2. The molecule has 2 aliphatic heterocycles. The number of aliphatic carboxylic acids is 1. The van der Waals surface area contributed by atoms with Gasteiger partial charge < -0.3 is 15.3 Å². The predicted octanol–water partition coefficient (Wildman–Crippen LogP) is 1.27. The second-order valence-electron chi connectivity index (χ2n) is 5.04. The molecule has 0 saturated carbocycles. The van der Waals surface area contributed by atoms with Crippen LogP contribution in [0.3, 0.4) is 0 Å². The number of carboxylic acid groups (broad SMARTS) is 1. The SMILES string of the molecule is O=C(O)C1CNC(c2ccc(N3C=NCC3)cc2)C1. The first-order valence-electron chi connectivity index (χ1n) is 6.57. The van der Waals surface area contributed by atoms with Crippen molar-refractivity contribution in [3.8, 4) is 0 Å². The number of nitrogens with one attached hydrogen (secondary N) is 1. The summed E-state index contributed by atoms with van der Waals surface area (Å²) in [5.74, 6) is -0.977. The first-order chi connectivity index (χ1) is 9.24. The monoisotopic (exact) mass is 259 g/mol. The summed E-state index contributed by atoms with van der Waals surface area (Å²) in [5, 5.41) is 12.3. The second-order valence-corrected chi connectivity index (χ2v) is 5.04. The summed E-state index contributed by atoms with van der Waals surface area (Å²) in [6.07, 6.45) is 2.53. The molecule has 19 heavy (non-hydrogen) atoms. The maximum atomic E-state index is 10.9. The lowest BCUT2D eigenvalue weighted by Crippen LogP contribution is -2.18. The highest BCUT2D eigenvalue weighted by Crippen LogP contribution is 2.28. The lowest BCUT2D eigenvalue weighted by Gasteiger charge is -2.16. The number of benzene rings is 1. The van der Waals surface area contributed by atoms with E-state index in [-0.39, 0.29) is 12.0 Å². The predicted molar refractivity (Wildman–Crippen MR) is 73.6 cm³/mol. The molecule has 1 saturated heterocycles. The zero-order valence-electron chi connectivity index (χ0n) is 10.6. The van der Waals surface area contributed by atoms with Crippen LogP contribution >= 0.6 is 0 Å². The lowest BCUT2D eigenvalue weighted by molar-refractivity contribution is -0.141. The molecule has 2 heterocycles. The Balaban J connectivity index is 1.69. The van der Waals surface area contributed by atoms with Crippen molar-refractivity contribution >= 4 is 18.0 Å². The van der Waals surface area contributed by atoms with Crippen LogP contribution in [-0.2, 0) is 4.79 Å². The summed E-state index contributed by atoms with van der Waals surface area (Å²) in [7, 11) is 0. The van der Waals surface area contributed by atoms with Gasteiger partial charge in [0, 0.05) is 24.8 Å². The van der Waals surface area contributed by atoms with E-state index in [4.69, 9.17) is 5.11 Å². The first-order valence-corrected chi connectivity index (χ1v) is 6.57. The molecule has 5 heteroatoms. The molecule has 2 atom stereocenters. The van der Waals surface area contributed by atoms with Crippen molar-refractivity contribution in [2.45, 2.75) is 12.5 Å². The quantitative estimate of drug-likeness (QED) is 0.858. The third-order valence-corrected chi connectivity index (χ3v) is 3.80. The van der Waals surface area contributed by atoms with Crippen LogP contribution in [0.15, 0.2) is 29.3 Å². The average Bonchev–Trinajstić information content (AvgIpc) is 3.11. The van der Waals surface area contributed by atoms with Crippen LogP contribution in [0.1, 0.15) is 18.0 Å². The third-order valence-electron chi connectivity index (χ3n) is 3.80. The average molecular weight is 259 g/mol. The topological polar surface area (TPSA) is 64.9 Å². The summed E-state index contributed by atoms with van der Waals surface area (Å²) in [6.45, 7) is 2.34. The Kier molecular flexibility index (Phi) is 3.21. The van der Waals surface area contributed by atoms with Gasteiger partial charge in [-0.15, -0.1) is 0 Å². The van der Waals surface area contributed by atoms with E-state index in [1.807, 2.05) is 6.34 Å². The van der Waals surface area contributed by atoms with Crippen molar-refractivity contribution in [1.82, 2.24) is 5.32 Å². The van der Waals surface area contributed by atoms with E-state index in [1.54, 1.807) is 0 Å². The molecule has 0 amide bonds. The molecule has 0 aromatic heterocycles. The highest BCUT2D eigenvalue weighted by Gasteiger charge is 2.29.